The monoisotopic (exact) mass is 304 g/mol. The first-order valence-electron chi connectivity index (χ1n) is 6.88. The van der Waals surface area contributed by atoms with Crippen LogP contribution in [0.1, 0.15) is 21.8 Å². The Morgan fingerprint density at radius 3 is 2.43 bits per heavy atom. The number of methoxy groups -OCH3 is 1. The molecule has 0 unspecified atom stereocenters. The zero-order chi connectivity index (χ0) is 16.2. The Bertz CT molecular complexity index is 875. The topological polar surface area (TPSA) is 76.1 Å². The number of hydrogen-bond acceptors (Lipinski definition) is 5. The summed E-state index contributed by atoms with van der Waals surface area (Å²) >= 11 is 0. The number of benzene rings is 2. The fourth-order valence-corrected chi connectivity index (χ4v) is 2.27. The van der Waals surface area contributed by atoms with Gasteiger partial charge in [0.25, 0.3) is 0 Å². The van der Waals surface area contributed by atoms with Crippen LogP contribution < -0.4 is 4.74 Å². The molecule has 0 saturated carbocycles. The number of ketones is 1. The molecule has 3 rings (SSSR count). The van der Waals surface area contributed by atoms with E-state index in [9.17, 15) is 10.1 Å². The SMILES string of the molecule is COc1ccc(C(=O)c2onc(C#N)c2-c2ccccc2)cc1. The molecule has 0 amide bonds. The molecule has 5 nitrogen and oxygen atoms in total. The summed E-state index contributed by atoms with van der Waals surface area (Å²) in [4.78, 5) is 12.7. The van der Waals surface area contributed by atoms with Crippen molar-refractivity contribution < 1.29 is 14.1 Å². The van der Waals surface area contributed by atoms with Crippen LogP contribution in [0.25, 0.3) is 11.1 Å². The summed E-state index contributed by atoms with van der Waals surface area (Å²) in [5.41, 5.74) is 1.65. The molecule has 5 heteroatoms. The van der Waals surface area contributed by atoms with Gasteiger partial charge in [-0.2, -0.15) is 5.26 Å². The van der Waals surface area contributed by atoms with Gasteiger partial charge in [0.2, 0.25) is 11.5 Å². The maximum atomic E-state index is 12.7. The largest absolute Gasteiger partial charge is 0.497 e. The van der Waals surface area contributed by atoms with Crippen molar-refractivity contribution in [2.24, 2.45) is 0 Å². The van der Waals surface area contributed by atoms with E-state index in [4.69, 9.17) is 9.26 Å². The van der Waals surface area contributed by atoms with E-state index in [0.29, 0.717) is 22.4 Å². The fraction of sp³-hybridized carbons (Fsp3) is 0.0556. The van der Waals surface area contributed by atoms with Crippen LogP contribution >= 0.6 is 0 Å². The lowest BCUT2D eigenvalue weighted by Gasteiger charge is -2.03. The van der Waals surface area contributed by atoms with Gasteiger partial charge in [-0.15, -0.1) is 0 Å². The molecule has 3 aromatic rings. The number of carbonyl (C=O) groups excluding carboxylic acids is 1. The second-order valence-electron chi connectivity index (χ2n) is 4.77. The molecule has 23 heavy (non-hydrogen) atoms. The molecule has 0 aliphatic rings. The molecule has 2 aromatic carbocycles. The zero-order valence-corrected chi connectivity index (χ0v) is 12.3. The summed E-state index contributed by atoms with van der Waals surface area (Å²) in [6.07, 6.45) is 0. The standard InChI is InChI=1S/C18H12N2O3/c1-22-14-9-7-13(8-10-14)17(21)18-16(15(11-19)20-23-18)12-5-3-2-4-6-12/h2-10H,1H3. The molecule has 0 saturated heterocycles. The first-order chi connectivity index (χ1) is 11.2. The Morgan fingerprint density at radius 1 is 1.13 bits per heavy atom. The van der Waals surface area contributed by atoms with E-state index in [2.05, 4.69) is 5.16 Å². The molecule has 0 aliphatic heterocycles. The second-order valence-corrected chi connectivity index (χ2v) is 4.77. The second kappa shape index (κ2) is 6.16. The molecule has 112 valence electrons. The zero-order valence-electron chi connectivity index (χ0n) is 12.3. The number of rotatable bonds is 4. The predicted molar refractivity (Wildman–Crippen MR) is 83.1 cm³/mol. The van der Waals surface area contributed by atoms with Crippen molar-refractivity contribution in [3.05, 3.63) is 71.6 Å². The van der Waals surface area contributed by atoms with Crippen molar-refractivity contribution in [1.82, 2.24) is 5.16 Å². The number of carbonyl (C=O) groups is 1. The van der Waals surface area contributed by atoms with Crippen LogP contribution in [0, 0.1) is 11.3 Å². The quantitative estimate of drug-likeness (QED) is 0.690. The number of aromatic nitrogens is 1. The Morgan fingerprint density at radius 2 is 1.83 bits per heavy atom. The summed E-state index contributed by atoms with van der Waals surface area (Å²) in [6.45, 7) is 0. The highest BCUT2D eigenvalue weighted by Crippen LogP contribution is 2.29. The van der Waals surface area contributed by atoms with Gasteiger partial charge in [0, 0.05) is 5.56 Å². The van der Waals surface area contributed by atoms with Gasteiger partial charge in [-0.3, -0.25) is 4.79 Å². The highest BCUT2D eigenvalue weighted by molar-refractivity contribution is 6.11. The van der Waals surface area contributed by atoms with Crippen molar-refractivity contribution in [2.75, 3.05) is 7.11 Å². The molecule has 0 aliphatic carbocycles. The first-order valence-corrected chi connectivity index (χ1v) is 6.88. The molecular weight excluding hydrogens is 292 g/mol. The van der Waals surface area contributed by atoms with E-state index in [0.717, 1.165) is 0 Å². The van der Waals surface area contributed by atoms with Gasteiger partial charge in [0.1, 0.15) is 11.8 Å². The maximum absolute atomic E-state index is 12.7. The van der Waals surface area contributed by atoms with Gasteiger partial charge in [-0.25, -0.2) is 0 Å². The summed E-state index contributed by atoms with van der Waals surface area (Å²) in [7, 11) is 1.56. The molecule has 0 bridgehead atoms. The van der Waals surface area contributed by atoms with E-state index in [-0.39, 0.29) is 17.2 Å². The Labute approximate surface area is 132 Å². The smallest absolute Gasteiger partial charge is 0.231 e. The molecule has 0 spiro atoms. The maximum Gasteiger partial charge on any atom is 0.231 e. The van der Waals surface area contributed by atoms with Crippen LogP contribution in [0.15, 0.2) is 59.1 Å². The van der Waals surface area contributed by atoms with Crippen LogP contribution in [0.5, 0.6) is 5.75 Å². The average Bonchev–Trinajstić information content (AvgIpc) is 3.06. The van der Waals surface area contributed by atoms with E-state index in [1.165, 1.54) is 0 Å². The molecule has 0 fully saturated rings. The number of nitrogens with zero attached hydrogens (tertiary/aromatic N) is 2. The molecule has 1 heterocycles. The van der Waals surface area contributed by atoms with Gasteiger partial charge < -0.3 is 9.26 Å². The van der Waals surface area contributed by atoms with Crippen molar-refractivity contribution in [1.29, 1.82) is 5.26 Å². The highest BCUT2D eigenvalue weighted by Gasteiger charge is 2.24. The Balaban J connectivity index is 2.08. The number of ether oxygens (including phenoxy) is 1. The van der Waals surface area contributed by atoms with E-state index in [1.54, 1.807) is 43.5 Å². The van der Waals surface area contributed by atoms with Crippen LogP contribution in [0.3, 0.4) is 0 Å². The molecule has 0 atom stereocenters. The minimum absolute atomic E-state index is 0.0536. The Hall–Kier alpha value is -3.39. The highest BCUT2D eigenvalue weighted by atomic mass is 16.5. The van der Waals surface area contributed by atoms with Gasteiger partial charge >= 0.3 is 0 Å². The van der Waals surface area contributed by atoms with Crippen LogP contribution in [0.4, 0.5) is 0 Å². The van der Waals surface area contributed by atoms with Gasteiger partial charge in [-0.05, 0) is 29.8 Å². The summed E-state index contributed by atoms with van der Waals surface area (Å²) in [5.74, 6) is 0.374. The van der Waals surface area contributed by atoms with E-state index in [1.807, 2.05) is 24.3 Å². The summed E-state index contributed by atoms with van der Waals surface area (Å²) in [6, 6.07) is 17.7. The minimum Gasteiger partial charge on any atom is -0.497 e. The lowest BCUT2D eigenvalue weighted by atomic mass is 9.99. The van der Waals surface area contributed by atoms with E-state index < -0.39 is 0 Å². The van der Waals surface area contributed by atoms with Gasteiger partial charge in [0.15, 0.2) is 5.69 Å². The summed E-state index contributed by atoms with van der Waals surface area (Å²) < 4.78 is 10.2. The van der Waals surface area contributed by atoms with Crippen LogP contribution in [-0.4, -0.2) is 18.0 Å². The predicted octanol–water partition coefficient (Wildman–Crippen LogP) is 3.45. The minimum atomic E-state index is -0.333. The molecular formula is C18H12N2O3. The average molecular weight is 304 g/mol. The van der Waals surface area contributed by atoms with Gasteiger partial charge in [-0.1, -0.05) is 35.5 Å². The molecule has 0 radical (unpaired) electrons. The lowest BCUT2D eigenvalue weighted by Crippen LogP contribution is -2.02. The summed E-state index contributed by atoms with van der Waals surface area (Å²) in [5, 5.41) is 12.9. The van der Waals surface area contributed by atoms with Crippen LogP contribution in [-0.2, 0) is 0 Å². The van der Waals surface area contributed by atoms with Crippen molar-refractivity contribution in [3.8, 4) is 22.9 Å². The third-order valence-electron chi connectivity index (χ3n) is 3.42. The first kappa shape index (κ1) is 14.5. The number of hydrogen-bond donors (Lipinski definition) is 0. The third-order valence-corrected chi connectivity index (χ3v) is 3.42. The number of nitriles is 1. The molecule has 1 aromatic heterocycles. The van der Waals surface area contributed by atoms with Gasteiger partial charge in [0.05, 0.1) is 12.7 Å². The van der Waals surface area contributed by atoms with Crippen LogP contribution in [0.2, 0.25) is 0 Å². The molecule has 0 N–H and O–H groups in total. The lowest BCUT2D eigenvalue weighted by molar-refractivity contribution is 0.100. The third kappa shape index (κ3) is 2.70. The van der Waals surface area contributed by atoms with E-state index >= 15 is 0 Å². The Kier molecular flexibility index (Phi) is 3.89. The van der Waals surface area contributed by atoms with Crippen molar-refractivity contribution >= 4 is 5.78 Å². The van der Waals surface area contributed by atoms with Crippen molar-refractivity contribution in [3.63, 3.8) is 0 Å². The normalized spacial score (nSPS) is 10.1. The fourth-order valence-electron chi connectivity index (χ4n) is 2.27. The van der Waals surface area contributed by atoms with Crippen molar-refractivity contribution in [2.45, 2.75) is 0 Å².